The van der Waals surface area contributed by atoms with Gasteiger partial charge in [-0.25, -0.2) is 13.6 Å². The predicted molar refractivity (Wildman–Crippen MR) is 77.6 cm³/mol. The molecule has 5 heteroatoms. The molecule has 1 unspecified atom stereocenters. The van der Waals surface area contributed by atoms with Crippen LogP contribution in [-0.2, 0) is 10.0 Å². The highest BCUT2D eigenvalue weighted by molar-refractivity contribution is 7.89. The first kappa shape index (κ1) is 14.3. The third kappa shape index (κ3) is 3.28. The number of nitrogens with one attached hydrogen (secondary N) is 1. The molecule has 106 valence electrons. The SMILES string of the molecule is Cc1c(NC(C)C2CCCC2)cccc1S(N)(=O)=O. The summed E-state index contributed by atoms with van der Waals surface area (Å²) in [5.41, 5.74) is 1.57. The summed E-state index contributed by atoms with van der Waals surface area (Å²) >= 11 is 0. The van der Waals surface area contributed by atoms with Crippen molar-refractivity contribution in [2.24, 2.45) is 11.1 Å². The number of hydrogen-bond donors (Lipinski definition) is 2. The van der Waals surface area contributed by atoms with Gasteiger partial charge in [0.25, 0.3) is 0 Å². The number of nitrogens with two attached hydrogens (primary N) is 1. The van der Waals surface area contributed by atoms with E-state index in [1.54, 1.807) is 19.1 Å². The van der Waals surface area contributed by atoms with Crippen LogP contribution in [0.4, 0.5) is 5.69 Å². The van der Waals surface area contributed by atoms with Crippen molar-refractivity contribution in [2.75, 3.05) is 5.32 Å². The van der Waals surface area contributed by atoms with Gasteiger partial charge in [0.2, 0.25) is 10.0 Å². The van der Waals surface area contributed by atoms with Crippen LogP contribution in [0.1, 0.15) is 38.2 Å². The Labute approximate surface area is 115 Å². The van der Waals surface area contributed by atoms with Gasteiger partial charge in [-0.3, -0.25) is 0 Å². The Morgan fingerprint density at radius 1 is 1.32 bits per heavy atom. The van der Waals surface area contributed by atoms with Crippen LogP contribution in [-0.4, -0.2) is 14.5 Å². The van der Waals surface area contributed by atoms with Crippen molar-refractivity contribution in [3.63, 3.8) is 0 Å². The van der Waals surface area contributed by atoms with Crippen molar-refractivity contribution >= 4 is 15.7 Å². The van der Waals surface area contributed by atoms with Crippen molar-refractivity contribution in [3.8, 4) is 0 Å². The van der Waals surface area contributed by atoms with Crippen LogP contribution in [0, 0.1) is 12.8 Å². The van der Waals surface area contributed by atoms with E-state index in [1.165, 1.54) is 25.7 Å². The van der Waals surface area contributed by atoms with E-state index in [9.17, 15) is 8.42 Å². The molecular weight excluding hydrogens is 260 g/mol. The molecule has 1 aliphatic rings. The zero-order valence-corrected chi connectivity index (χ0v) is 12.3. The third-order valence-corrected chi connectivity index (χ3v) is 5.14. The van der Waals surface area contributed by atoms with Gasteiger partial charge < -0.3 is 5.32 Å². The summed E-state index contributed by atoms with van der Waals surface area (Å²) in [6, 6.07) is 5.55. The Bertz CT molecular complexity index is 549. The van der Waals surface area contributed by atoms with Gasteiger partial charge in [0, 0.05) is 11.7 Å². The number of rotatable bonds is 4. The normalized spacial score (nSPS) is 18.5. The molecule has 1 aromatic rings. The van der Waals surface area contributed by atoms with Gasteiger partial charge in [-0.1, -0.05) is 18.9 Å². The van der Waals surface area contributed by atoms with E-state index in [0.29, 0.717) is 17.5 Å². The number of anilines is 1. The molecule has 0 spiro atoms. The fraction of sp³-hybridized carbons (Fsp3) is 0.571. The lowest BCUT2D eigenvalue weighted by Gasteiger charge is -2.23. The molecule has 0 amide bonds. The first-order valence-corrected chi connectivity index (χ1v) is 8.33. The minimum Gasteiger partial charge on any atom is -0.382 e. The molecule has 1 atom stereocenters. The molecule has 1 aliphatic carbocycles. The Balaban J connectivity index is 2.21. The summed E-state index contributed by atoms with van der Waals surface area (Å²) in [6.45, 7) is 3.96. The van der Waals surface area contributed by atoms with Crippen molar-refractivity contribution < 1.29 is 8.42 Å². The van der Waals surface area contributed by atoms with E-state index in [2.05, 4.69) is 12.2 Å². The molecule has 0 aliphatic heterocycles. The van der Waals surface area contributed by atoms with Crippen LogP contribution in [0.5, 0.6) is 0 Å². The molecule has 2 rings (SSSR count). The molecule has 1 fully saturated rings. The van der Waals surface area contributed by atoms with Crippen molar-refractivity contribution in [2.45, 2.75) is 50.5 Å². The predicted octanol–water partition coefficient (Wildman–Crippen LogP) is 2.63. The minimum absolute atomic E-state index is 0.205. The second-order valence-corrected chi connectivity index (χ2v) is 6.98. The van der Waals surface area contributed by atoms with Crippen LogP contribution in [0.3, 0.4) is 0 Å². The Kier molecular flexibility index (Phi) is 4.16. The summed E-state index contributed by atoms with van der Waals surface area (Å²) < 4.78 is 23.0. The van der Waals surface area contributed by atoms with Crippen LogP contribution in [0.25, 0.3) is 0 Å². The van der Waals surface area contributed by atoms with Crippen LogP contribution < -0.4 is 10.5 Å². The van der Waals surface area contributed by atoms with Gasteiger partial charge in [0.15, 0.2) is 0 Å². The number of primary sulfonamides is 1. The summed E-state index contributed by atoms with van der Waals surface area (Å²) in [6.07, 6.45) is 5.10. The number of hydrogen-bond acceptors (Lipinski definition) is 3. The van der Waals surface area contributed by atoms with E-state index < -0.39 is 10.0 Å². The average Bonchev–Trinajstić information content (AvgIpc) is 2.83. The zero-order valence-electron chi connectivity index (χ0n) is 11.5. The van der Waals surface area contributed by atoms with Gasteiger partial charge in [-0.05, 0) is 50.3 Å². The fourth-order valence-corrected chi connectivity index (χ4v) is 3.70. The number of sulfonamides is 1. The molecule has 0 saturated heterocycles. The lowest BCUT2D eigenvalue weighted by Crippen LogP contribution is -2.24. The van der Waals surface area contributed by atoms with Gasteiger partial charge in [0.05, 0.1) is 4.90 Å². The molecular formula is C14H22N2O2S. The lowest BCUT2D eigenvalue weighted by molar-refractivity contribution is 0.482. The summed E-state index contributed by atoms with van der Waals surface area (Å²) in [4.78, 5) is 0.205. The quantitative estimate of drug-likeness (QED) is 0.891. The van der Waals surface area contributed by atoms with Gasteiger partial charge in [-0.15, -0.1) is 0 Å². The maximum absolute atomic E-state index is 11.5. The minimum atomic E-state index is -3.65. The maximum atomic E-state index is 11.5. The Morgan fingerprint density at radius 2 is 1.95 bits per heavy atom. The maximum Gasteiger partial charge on any atom is 0.238 e. The lowest BCUT2D eigenvalue weighted by atomic mass is 9.99. The summed E-state index contributed by atoms with van der Waals surface area (Å²) in [7, 11) is -3.65. The van der Waals surface area contributed by atoms with E-state index in [4.69, 9.17) is 5.14 Å². The summed E-state index contributed by atoms with van der Waals surface area (Å²) in [5.74, 6) is 0.678. The van der Waals surface area contributed by atoms with Crippen LogP contribution in [0.2, 0.25) is 0 Å². The van der Waals surface area contributed by atoms with E-state index in [1.807, 2.05) is 6.07 Å². The molecule has 0 radical (unpaired) electrons. The molecule has 0 heterocycles. The Morgan fingerprint density at radius 3 is 2.53 bits per heavy atom. The average molecular weight is 282 g/mol. The highest BCUT2D eigenvalue weighted by Crippen LogP contribution is 2.30. The Hall–Kier alpha value is -1.07. The molecule has 0 aromatic heterocycles. The van der Waals surface area contributed by atoms with Gasteiger partial charge in [0.1, 0.15) is 0 Å². The van der Waals surface area contributed by atoms with Crippen LogP contribution in [0.15, 0.2) is 23.1 Å². The van der Waals surface area contributed by atoms with Gasteiger partial charge in [-0.2, -0.15) is 0 Å². The third-order valence-electron chi connectivity index (χ3n) is 4.08. The molecule has 1 aromatic carbocycles. The smallest absolute Gasteiger partial charge is 0.238 e. The second-order valence-electron chi connectivity index (χ2n) is 5.45. The molecule has 3 N–H and O–H groups in total. The first-order chi connectivity index (χ1) is 8.89. The highest BCUT2D eigenvalue weighted by atomic mass is 32.2. The van der Waals surface area contributed by atoms with Crippen molar-refractivity contribution in [1.82, 2.24) is 0 Å². The highest BCUT2D eigenvalue weighted by Gasteiger charge is 2.22. The topological polar surface area (TPSA) is 72.2 Å². The van der Waals surface area contributed by atoms with E-state index >= 15 is 0 Å². The molecule has 4 nitrogen and oxygen atoms in total. The van der Waals surface area contributed by atoms with E-state index in [0.717, 1.165) is 5.69 Å². The summed E-state index contributed by atoms with van der Waals surface area (Å²) in [5, 5.41) is 8.67. The van der Waals surface area contributed by atoms with Crippen molar-refractivity contribution in [3.05, 3.63) is 23.8 Å². The van der Waals surface area contributed by atoms with Crippen LogP contribution >= 0.6 is 0 Å². The standard InChI is InChI=1S/C14H22N2O2S/c1-10-13(8-5-9-14(10)19(15,17)18)16-11(2)12-6-3-4-7-12/h5,8-9,11-12,16H,3-4,6-7H2,1-2H3,(H2,15,17,18). The zero-order chi connectivity index (χ0) is 14.0. The fourth-order valence-electron chi connectivity index (χ4n) is 2.90. The molecule has 19 heavy (non-hydrogen) atoms. The molecule has 0 bridgehead atoms. The molecule has 1 saturated carbocycles. The van der Waals surface area contributed by atoms with Gasteiger partial charge >= 0.3 is 0 Å². The van der Waals surface area contributed by atoms with E-state index in [-0.39, 0.29) is 4.90 Å². The number of benzene rings is 1. The second kappa shape index (κ2) is 5.51. The largest absolute Gasteiger partial charge is 0.382 e. The van der Waals surface area contributed by atoms with Crippen molar-refractivity contribution in [1.29, 1.82) is 0 Å². The first-order valence-electron chi connectivity index (χ1n) is 6.78. The monoisotopic (exact) mass is 282 g/mol.